The van der Waals surface area contributed by atoms with Crippen LogP contribution >= 0.6 is 11.6 Å². The van der Waals surface area contributed by atoms with Gasteiger partial charge in [0.05, 0.1) is 5.69 Å². The lowest BCUT2D eigenvalue weighted by atomic mass is 9.94. The maximum Gasteiger partial charge on any atom is 0.329 e. The van der Waals surface area contributed by atoms with Gasteiger partial charge in [-0.05, 0) is 42.5 Å². The van der Waals surface area contributed by atoms with Crippen molar-refractivity contribution in [1.82, 2.24) is 9.88 Å². The average molecular weight is 464 g/mol. The molecule has 8 nitrogen and oxygen atoms in total. The number of nitrogens with one attached hydrogen (secondary N) is 1. The van der Waals surface area contributed by atoms with Crippen molar-refractivity contribution in [2.45, 2.75) is 5.72 Å². The van der Waals surface area contributed by atoms with E-state index < -0.39 is 17.7 Å². The molecular formula is C24H22ClN5O3. The van der Waals surface area contributed by atoms with E-state index in [0.29, 0.717) is 48.1 Å². The van der Waals surface area contributed by atoms with Gasteiger partial charge < -0.3 is 20.2 Å². The molecule has 3 aromatic rings. The molecule has 2 aliphatic heterocycles. The van der Waals surface area contributed by atoms with E-state index >= 15 is 0 Å². The average Bonchev–Trinajstić information content (AvgIpc) is 2.85. The van der Waals surface area contributed by atoms with E-state index in [4.69, 9.17) is 11.6 Å². The first kappa shape index (κ1) is 21.2. The van der Waals surface area contributed by atoms with Gasteiger partial charge in [0.15, 0.2) is 0 Å². The molecule has 0 aliphatic carbocycles. The highest BCUT2D eigenvalue weighted by Gasteiger charge is 2.53. The van der Waals surface area contributed by atoms with Crippen LogP contribution in [0, 0.1) is 0 Å². The van der Waals surface area contributed by atoms with Crippen LogP contribution in [0.3, 0.4) is 0 Å². The molecule has 33 heavy (non-hydrogen) atoms. The Bertz CT molecular complexity index is 1180. The number of aliphatic hydroxyl groups is 1. The summed E-state index contributed by atoms with van der Waals surface area (Å²) < 4.78 is 0. The summed E-state index contributed by atoms with van der Waals surface area (Å²) >= 11 is 6.02. The number of nitrogens with zero attached hydrogens (tertiary/aromatic N) is 4. The predicted octanol–water partition coefficient (Wildman–Crippen LogP) is 3.28. The van der Waals surface area contributed by atoms with Gasteiger partial charge in [0.25, 0.3) is 11.6 Å². The molecule has 168 valence electrons. The van der Waals surface area contributed by atoms with E-state index in [9.17, 15) is 14.7 Å². The fourth-order valence-electron chi connectivity index (χ4n) is 4.34. The number of amides is 3. The lowest BCUT2D eigenvalue weighted by Gasteiger charge is -2.46. The van der Waals surface area contributed by atoms with Crippen molar-refractivity contribution in [3.8, 4) is 0 Å². The molecule has 1 atom stereocenters. The number of benzene rings is 2. The van der Waals surface area contributed by atoms with Crippen LogP contribution in [-0.4, -0.2) is 53.1 Å². The smallest absolute Gasteiger partial charge is 0.329 e. The minimum Gasteiger partial charge on any atom is -0.359 e. The molecule has 1 aromatic heterocycles. The Kier molecular flexibility index (Phi) is 5.39. The van der Waals surface area contributed by atoms with E-state index in [-0.39, 0.29) is 0 Å². The number of halogens is 1. The summed E-state index contributed by atoms with van der Waals surface area (Å²) in [5.74, 6) is 0.286. The Morgan fingerprint density at radius 1 is 0.970 bits per heavy atom. The molecule has 9 heteroatoms. The van der Waals surface area contributed by atoms with Crippen molar-refractivity contribution in [2.24, 2.45) is 0 Å². The van der Waals surface area contributed by atoms with Crippen LogP contribution in [0.4, 0.5) is 22.0 Å². The van der Waals surface area contributed by atoms with Crippen molar-refractivity contribution < 1.29 is 14.7 Å². The van der Waals surface area contributed by atoms with Crippen molar-refractivity contribution in [3.63, 3.8) is 0 Å². The molecule has 0 radical (unpaired) electrons. The molecule has 3 heterocycles. The van der Waals surface area contributed by atoms with Crippen LogP contribution in [0.5, 0.6) is 0 Å². The number of carbonyl (C=O) groups is 2. The Morgan fingerprint density at radius 3 is 2.36 bits per heavy atom. The maximum atomic E-state index is 13.9. The van der Waals surface area contributed by atoms with E-state index in [1.165, 1.54) is 0 Å². The molecular weight excluding hydrogens is 442 g/mol. The van der Waals surface area contributed by atoms with Gasteiger partial charge >= 0.3 is 6.03 Å². The van der Waals surface area contributed by atoms with E-state index in [1.54, 1.807) is 59.6 Å². The second-order valence-corrected chi connectivity index (χ2v) is 8.36. The van der Waals surface area contributed by atoms with Crippen LogP contribution in [0.1, 0.15) is 5.56 Å². The number of para-hydroxylation sites is 1. The van der Waals surface area contributed by atoms with Gasteiger partial charge in [-0.1, -0.05) is 35.9 Å². The highest BCUT2D eigenvalue weighted by molar-refractivity contribution is 6.30. The minimum atomic E-state index is -2.21. The molecule has 0 unspecified atom stereocenters. The Hall–Kier alpha value is -3.62. The monoisotopic (exact) mass is 463 g/mol. The van der Waals surface area contributed by atoms with Crippen molar-refractivity contribution in [3.05, 3.63) is 83.5 Å². The molecule has 0 saturated carbocycles. The maximum absolute atomic E-state index is 13.9. The van der Waals surface area contributed by atoms with Crippen LogP contribution in [0.2, 0.25) is 5.02 Å². The largest absolute Gasteiger partial charge is 0.359 e. The standard InChI is InChI=1S/C24H22ClN5O3/c25-17-8-10-18(11-9-17)30-23(32)27-20-6-2-1-5-19(20)24(30,33)22(31)29-15-13-28(14-16-29)21-7-3-4-12-26-21/h1-12,33H,13-16H2,(H,27,32)/t24-/m0/s1. The molecule has 1 fully saturated rings. The van der Waals surface area contributed by atoms with E-state index in [0.717, 1.165) is 10.7 Å². The second-order valence-electron chi connectivity index (χ2n) is 7.93. The zero-order chi connectivity index (χ0) is 23.0. The quantitative estimate of drug-likeness (QED) is 0.622. The number of anilines is 3. The van der Waals surface area contributed by atoms with Gasteiger partial charge in [-0.15, -0.1) is 0 Å². The highest BCUT2D eigenvalue weighted by atomic mass is 35.5. The van der Waals surface area contributed by atoms with Gasteiger partial charge in [0, 0.05) is 48.6 Å². The number of urea groups is 1. The molecule has 5 rings (SSSR count). The van der Waals surface area contributed by atoms with Crippen molar-refractivity contribution >= 4 is 40.7 Å². The number of carbonyl (C=O) groups excluding carboxylic acids is 2. The molecule has 0 spiro atoms. The summed E-state index contributed by atoms with van der Waals surface area (Å²) in [7, 11) is 0. The van der Waals surface area contributed by atoms with Gasteiger partial charge in [-0.2, -0.15) is 0 Å². The van der Waals surface area contributed by atoms with E-state index in [2.05, 4.69) is 15.2 Å². The Balaban J connectivity index is 1.49. The fourth-order valence-corrected chi connectivity index (χ4v) is 4.47. The molecule has 2 aromatic carbocycles. The molecule has 2 N–H and O–H groups in total. The first-order chi connectivity index (χ1) is 16.0. The third-order valence-corrected chi connectivity index (χ3v) is 6.25. The van der Waals surface area contributed by atoms with Crippen LogP contribution in [0.25, 0.3) is 0 Å². The summed E-state index contributed by atoms with van der Waals surface area (Å²) in [5.41, 5.74) is -1.14. The number of hydrogen-bond donors (Lipinski definition) is 2. The van der Waals surface area contributed by atoms with Crippen molar-refractivity contribution in [1.29, 1.82) is 0 Å². The van der Waals surface area contributed by atoms with Crippen LogP contribution < -0.4 is 15.1 Å². The van der Waals surface area contributed by atoms with Crippen molar-refractivity contribution in [2.75, 3.05) is 41.3 Å². The third-order valence-electron chi connectivity index (χ3n) is 5.99. The minimum absolute atomic E-state index is 0.316. The molecule has 0 bridgehead atoms. The summed E-state index contributed by atoms with van der Waals surface area (Å²) in [5, 5.41) is 15.2. The van der Waals surface area contributed by atoms with Gasteiger partial charge in [0.2, 0.25) is 0 Å². The Labute approximate surface area is 196 Å². The van der Waals surface area contributed by atoms with Crippen LogP contribution in [-0.2, 0) is 10.5 Å². The SMILES string of the molecule is O=C1Nc2ccccc2[C@](O)(C(=O)N2CCN(c3ccccn3)CC2)N1c1ccc(Cl)cc1. The lowest BCUT2D eigenvalue weighted by Crippen LogP contribution is -2.65. The molecule has 2 aliphatic rings. The first-order valence-corrected chi connectivity index (χ1v) is 11.0. The fraction of sp³-hybridized carbons (Fsp3) is 0.208. The number of pyridine rings is 1. The molecule has 3 amide bonds. The number of hydrogen-bond acceptors (Lipinski definition) is 5. The van der Waals surface area contributed by atoms with E-state index in [1.807, 2.05) is 18.2 Å². The molecule has 1 saturated heterocycles. The summed E-state index contributed by atoms with van der Waals surface area (Å²) in [6.07, 6.45) is 1.73. The zero-order valence-electron chi connectivity index (χ0n) is 17.7. The highest BCUT2D eigenvalue weighted by Crippen LogP contribution is 2.41. The first-order valence-electron chi connectivity index (χ1n) is 10.6. The summed E-state index contributed by atoms with van der Waals surface area (Å²) in [4.78, 5) is 36.1. The number of piperazine rings is 1. The zero-order valence-corrected chi connectivity index (χ0v) is 18.4. The number of rotatable bonds is 3. The second kappa shape index (κ2) is 8.38. The summed E-state index contributed by atoms with van der Waals surface area (Å²) in [6, 6.07) is 18.3. The number of fused-ring (bicyclic) bond motifs is 1. The van der Waals surface area contributed by atoms with Gasteiger partial charge in [-0.3, -0.25) is 9.69 Å². The normalized spacial score (nSPS) is 20.3. The lowest BCUT2D eigenvalue weighted by molar-refractivity contribution is -0.152. The predicted molar refractivity (Wildman–Crippen MR) is 126 cm³/mol. The van der Waals surface area contributed by atoms with Gasteiger partial charge in [0.1, 0.15) is 5.82 Å². The number of aromatic nitrogens is 1. The van der Waals surface area contributed by atoms with Crippen LogP contribution in [0.15, 0.2) is 72.9 Å². The topological polar surface area (TPSA) is 89.0 Å². The summed E-state index contributed by atoms with van der Waals surface area (Å²) in [6.45, 7) is 1.90. The third kappa shape index (κ3) is 3.67. The Morgan fingerprint density at radius 2 is 1.67 bits per heavy atom. The van der Waals surface area contributed by atoms with Gasteiger partial charge in [-0.25, -0.2) is 9.78 Å².